The number of hydrogen-bond acceptors (Lipinski definition) is 4. The van der Waals surface area contributed by atoms with Crippen molar-refractivity contribution in [2.24, 2.45) is 0 Å². The zero-order valence-corrected chi connectivity index (χ0v) is 15.8. The van der Waals surface area contributed by atoms with Crippen LogP contribution in [0.3, 0.4) is 0 Å². The van der Waals surface area contributed by atoms with Gasteiger partial charge in [0.2, 0.25) is 11.7 Å². The van der Waals surface area contributed by atoms with E-state index >= 15 is 0 Å². The first kappa shape index (κ1) is 21.3. The molecule has 0 aliphatic heterocycles. The Kier molecular flexibility index (Phi) is 5.77. The van der Waals surface area contributed by atoms with Gasteiger partial charge in [-0.1, -0.05) is 12.1 Å². The van der Waals surface area contributed by atoms with E-state index in [0.29, 0.717) is 5.56 Å². The van der Waals surface area contributed by atoms with Crippen LogP contribution >= 0.6 is 0 Å². The Morgan fingerprint density at radius 3 is 2.50 bits per heavy atom. The summed E-state index contributed by atoms with van der Waals surface area (Å²) < 4.78 is 72.6. The van der Waals surface area contributed by atoms with E-state index < -0.39 is 28.9 Å². The highest BCUT2D eigenvalue weighted by molar-refractivity contribution is 5.61. The number of aromatic nitrogens is 2. The summed E-state index contributed by atoms with van der Waals surface area (Å²) in [5.41, 5.74) is -1.25. The second kappa shape index (κ2) is 8.13. The van der Waals surface area contributed by atoms with Gasteiger partial charge in [-0.2, -0.15) is 18.2 Å². The summed E-state index contributed by atoms with van der Waals surface area (Å²) in [6.45, 7) is 1.23. The van der Waals surface area contributed by atoms with Gasteiger partial charge in [0.1, 0.15) is 0 Å². The molecule has 10 heteroatoms. The van der Waals surface area contributed by atoms with Crippen LogP contribution in [-0.2, 0) is 12.7 Å². The van der Waals surface area contributed by atoms with Crippen LogP contribution in [0.25, 0.3) is 0 Å². The predicted octanol–water partition coefficient (Wildman–Crippen LogP) is 4.65. The third-order valence-corrected chi connectivity index (χ3v) is 4.41. The first-order valence-electron chi connectivity index (χ1n) is 8.63. The Labute approximate surface area is 167 Å². The van der Waals surface area contributed by atoms with E-state index in [4.69, 9.17) is 4.74 Å². The van der Waals surface area contributed by atoms with Crippen LogP contribution in [0.1, 0.15) is 16.7 Å². The van der Waals surface area contributed by atoms with Crippen molar-refractivity contribution in [1.29, 1.82) is 0 Å². The quantitative estimate of drug-likeness (QED) is 0.605. The van der Waals surface area contributed by atoms with E-state index in [1.54, 1.807) is 0 Å². The summed E-state index contributed by atoms with van der Waals surface area (Å²) in [5, 5.41) is 2.72. The molecule has 0 spiro atoms. The van der Waals surface area contributed by atoms with Crippen molar-refractivity contribution in [3.63, 3.8) is 0 Å². The Morgan fingerprint density at radius 2 is 1.87 bits per heavy atom. The van der Waals surface area contributed by atoms with Crippen LogP contribution in [0, 0.1) is 18.6 Å². The SMILES string of the molecule is COc1cn(Cc2ccc(F)c(F)c2)c(Nc2cccc(C(F)(F)F)c2C)nc1=O. The van der Waals surface area contributed by atoms with Gasteiger partial charge in [0.15, 0.2) is 11.6 Å². The summed E-state index contributed by atoms with van der Waals surface area (Å²) in [6.07, 6.45) is -3.28. The molecule has 30 heavy (non-hydrogen) atoms. The molecule has 5 nitrogen and oxygen atoms in total. The number of rotatable bonds is 5. The molecule has 0 aliphatic carbocycles. The maximum absolute atomic E-state index is 13.6. The van der Waals surface area contributed by atoms with Gasteiger partial charge in [-0.3, -0.25) is 4.79 Å². The zero-order valence-electron chi connectivity index (χ0n) is 15.8. The molecule has 0 fully saturated rings. The molecule has 0 unspecified atom stereocenters. The van der Waals surface area contributed by atoms with Crippen LogP contribution in [0.5, 0.6) is 5.75 Å². The number of benzene rings is 2. The molecule has 0 atom stereocenters. The number of halogens is 5. The van der Waals surface area contributed by atoms with Crippen LogP contribution in [0.4, 0.5) is 33.6 Å². The molecule has 0 saturated heterocycles. The third-order valence-electron chi connectivity index (χ3n) is 4.41. The minimum Gasteiger partial charge on any atom is -0.490 e. The first-order chi connectivity index (χ1) is 14.1. The van der Waals surface area contributed by atoms with Gasteiger partial charge in [0.05, 0.1) is 25.4 Å². The highest BCUT2D eigenvalue weighted by atomic mass is 19.4. The van der Waals surface area contributed by atoms with E-state index in [2.05, 4.69) is 10.3 Å². The summed E-state index contributed by atoms with van der Waals surface area (Å²) in [4.78, 5) is 15.9. The molecule has 1 heterocycles. The molecule has 1 N–H and O–H groups in total. The van der Waals surface area contributed by atoms with Crippen molar-refractivity contribution in [1.82, 2.24) is 9.55 Å². The lowest BCUT2D eigenvalue weighted by Gasteiger charge is -2.18. The van der Waals surface area contributed by atoms with E-state index in [1.807, 2.05) is 0 Å². The molecule has 3 aromatic rings. The maximum atomic E-state index is 13.6. The molecule has 0 aliphatic rings. The molecule has 2 aromatic carbocycles. The monoisotopic (exact) mass is 425 g/mol. The van der Waals surface area contributed by atoms with Gasteiger partial charge in [0.25, 0.3) is 0 Å². The third kappa shape index (κ3) is 4.42. The lowest BCUT2D eigenvalue weighted by molar-refractivity contribution is -0.138. The molecule has 0 amide bonds. The molecular formula is C20H16F5N3O2. The van der Waals surface area contributed by atoms with Gasteiger partial charge in [0, 0.05) is 5.69 Å². The Balaban J connectivity index is 2.05. The Bertz CT molecular complexity index is 1140. The van der Waals surface area contributed by atoms with Crippen LogP contribution in [0.2, 0.25) is 0 Å². The fraction of sp³-hybridized carbons (Fsp3) is 0.200. The topological polar surface area (TPSA) is 56.1 Å². The predicted molar refractivity (Wildman–Crippen MR) is 100.0 cm³/mol. The van der Waals surface area contributed by atoms with Crippen molar-refractivity contribution in [2.45, 2.75) is 19.6 Å². The van der Waals surface area contributed by atoms with Crippen molar-refractivity contribution < 1.29 is 26.7 Å². The lowest BCUT2D eigenvalue weighted by atomic mass is 10.1. The second-order valence-corrected chi connectivity index (χ2v) is 6.42. The number of ether oxygens (including phenoxy) is 1. The van der Waals surface area contributed by atoms with Crippen LogP contribution in [-0.4, -0.2) is 16.7 Å². The number of anilines is 2. The second-order valence-electron chi connectivity index (χ2n) is 6.42. The standard InChI is InChI=1S/C20H16F5N3O2/c1-11-13(20(23,24)25)4-3-5-16(11)26-19-27-18(29)17(30-2)10-28(19)9-12-6-7-14(21)15(22)8-12/h3-8,10H,9H2,1-2H3,(H,26,27,29). The average molecular weight is 425 g/mol. The molecule has 158 valence electrons. The fourth-order valence-electron chi connectivity index (χ4n) is 2.87. The Hall–Kier alpha value is -3.43. The number of hydrogen-bond donors (Lipinski definition) is 1. The first-order valence-corrected chi connectivity index (χ1v) is 8.63. The van der Waals surface area contributed by atoms with Gasteiger partial charge < -0.3 is 14.6 Å². The zero-order chi connectivity index (χ0) is 22.1. The molecule has 0 bridgehead atoms. The van der Waals surface area contributed by atoms with Crippen molar-refractivity contribution in [3.8, 4) is 5.75 Å². The fourth-order valence-corrected chi connectivity index (χ4v) is 2.87. The summed E-state index contributed by atoms with van der Waals surface area (Å²) >= 11 is 0. The van der Waals surface area contributed by atoms with E-state index in [9.17, 15) is 26.7 Å². The van der Waals surface area contributed by atoms with E-state index in [1.165, 1.54) is 43.0 Å². The number of nitrogens with one attached hydrogen (secondary N) is 1. The Morgan fingerprint density at radius 1 is 1.13 bits per heavy atom. The van der Waals surface area contributed by atoms with Gasteiger partial charge in [-0.25, -0.2) is 8.78 Å². The van der Waals surface area contributed by atoms with Crippen LogP contribution in [0.15, 0.2) is 47.4 Å². The van der Waals surface area contributed by atoms with Crippen molar-refractivity contribution in [3.05, 3.63) is 81.3 Å². The highest BCUT2D eigenvalue weighted by Gasteiger charge is 2.33. The largest absolute Gasteiger partial charge is 0.490 e. The summed E-state index contributed by atoms with van der Waals surface area (Å²) in [5.74, 6) is -2.29. The van der Waals surface area contributed by atoms with Crippen molar-refractivity contribution >= 4 is 11.6 Å². The minimum atomic E-state index is -4.56. The number of methoxy groups -OCH3 is 1. The van der Waals surface area contributed by atoms with Crippen LogP contribution < -0.4 is 15.6 Å². The molecular weight excluding hydrogens is 409 g/mol. The smallest absolute Gasteiger partial charge is 0.416 e. The molecule has 0 saturated carbocycles. The van der Waals surface area contributed by atoms with E-state index in [0.717, 1.165) is 18.2 Å². The average Bonchev–Trinajstić information content (AvgIpc) is 2.67. The maximum Gasteiger partial charge on any atom is 0.416 e. The molecule has 3 rings (SSSR count). The minimum absolute atomic E-state index is 0.0544. The lowest BCUT2D eigenvalue weighted by Crippen LogP contribution is -2.19. The molecule has 0 radical (unpaired) electrons. The van der Waals surface area contributed by atoms with Crippen molar-refractivity contribution in [2.75, 3.05) is 12.4 Å². The summed E-state index contributed by atoms with van der Waals surface area (Å²) in [7, 11) is 1.25. The number of alkyl halides is 3. The summed E-state index contributed by atoms with van der Waals surface area (Å²) in [6, 6.07) is 6.82. The normalized spacial score (nSPS) is 11.4. The van der Waals surface area contributed by atoms with Gasteiger partial charge >= 0.3 is 11.7 Å². The van der Waals surface area contributed by atoms with E-state index in [-0.39, 0.29) is 29.5 Å². The van der Waals surface area contributed by atoms with Gasteiger partial charge in [-0.05, 0) is 42.3 Å². The van der Waals surface area contributed by atoms with Gasteiger partial charge in [-0.15, -0.1) is 0 Å². The highest BCUT2D eigenvalue weighted by Crippen LogP contribution is 2.35. The molecule has 1 aromatic heterocycles. The number of nitrogens with zero attached hydrogens (tertiary/aromatic N) is 2.